The highest BCUT2D eigenvalue weighted by Crippen LogP contribution is 2.35. The number of nitrogens with one attached hydrogen (secondary N) is 1. The summed E-state index contributed by atoms with van der Waals surface area (Å²) in [6.45, 7) is 0.103. The SMILES string of the molecule is O=c1ccn(C2CCC(COCCC(F)(F)F)CC2)c2c1cnc1[nH]ccc12. The highest BCUT2D eigenvalue weighted by atomic mass is 19.4. The molecule has 3 aromatic heterocycles. The molecular formula is C20H22F3N3O2. The lowest BCUT2D eigenvalue weighted by Crippen LogP contribution is -2.23. The van der Waals surface area contributed by atoms with Gasteiger partial charge >= 0.3 is 6.18 Å². The Labute approximate surface area is 159 Å². The number of aromatic nitrogens is 3. The zero-order valence-corrected chi connectivity index (χ0v) is 15.3. The van der Waals surface area contributed by atoms with Crippen molar-refractivity contribution in [2.24, 2.45) is 5.92 Å². The van der Waals surface area contributed by atoms with Gasteiger partial charge in [0.25, 0.3) is 0 Å². The van der Waals surface area contributed by atoms with Gasteiger partial charge in [0.1, 0.15) is 5.65 Å². The second-order valence-electron chi connectivity index (χ2n) is 7.46. The van der Waals surface area contributed by atoms with Crippen LogP contribution in [0.25, 0.3) is 21.9 Å². The lowest BCUT2D eigenvalue weighted by molar-refractivity contribution is -0.146. The van der Waals surface area contributed by atoms with Crippen LogP contribution in [0.5, 0.6) is 0 Å². The molecule has 150 valence electrons. The van der Waals surface area contributed by atoms with Crippen LogP contribution in [0.3, 0.4) is 0 Å². The second-order valence-corrected chi connectivity index (χ2v) is 7.46. The molecule has 1 aliphatic carbocycles. The molecule has 8 heteroatoms. The van der Waals surface area contributed by atoms with Gasteiger partial charge in [0.2, 0.25) is 0 Å². The summed E-state index contributed by atoms with van der Waals surface area (Å²) >= 11 is 0. The number of H-pyrrole nitrogens is 1. The minimum Gasteiger partial charge on any atom is -0.381 e. The van der Waals surface area contributed by atoms with Crippen LogP contribution in [-0.2, 0) is 4.74 Å². The van der Waals surface area contributed by atoms with E-state index in [0.29, 0.717) is 12.0 Å². The van der Waals surface area contributed by atoms with E-state index in [0.717, 1.165) is 42.2 Å². The maximum Gasteiger partial charge on any atom is 0.391 e. The van der Waals surface area contributed by atoms with Gasteiger partial charge in [-0.05, 0) is 37.7 Å². The van der Waals surface area contributed by atoms with Crippen LogP contribution in [0.4, 0.5) is 13.2 Å². The van der Waals surface area contributed by atoms with Crippen molar-refractivity contribution >= 4 is 21.9 Å². The third kappa shape index (κ3) is 3.92. The lowest BCUT2D eigenvalue weighted by Gasteiger charge is -2.31. The Bertz CT molecular complexity index is 1020. The van der Waals surface area contributed by atoms with Crippen molar-refractivity contribution in [1.82, 2.24) is 14.5 Å². The average molecular weight is 393 g/mol. The zero-order valence-electron chi connectivity index (χ0n) is 15.3. The maximum atomic E-state index is 12.3. The third-order valence-corrected chi connectivity index (χ3v) is 5.56. The molecule has 3 heterocycles. The van der Waals surface area contributed by atoms with Gasteiger partial charge in [0.05, 0.1) is 23.9 Å². The van der Waals surface area contributed by atoms with Crippen molar-refractivity contribution in [2.75, 3.05) is 13.2 Å². The molecule has 0 radical (unpaired) electrons. The molecule has 5 nitrogen and oxygen atoms in total. The van der Waals surface area contributed by atoms with Crippen LogP contribution in [0, 0.1) is 5.92 Å². The first-order chi connectivity index (χ1) is 13.4. The van der Waals surface area contributed by atoms with E-state index in [1.807, 2.05) is 18.5 Å². The quantitative estimate of drug-likeness (QED) is 0.646. The predicted molar refractivity (Wildman–Crippen MR) is 100 cm³/mol. The number of halogens is 3. The zero-order chi connectivity index (χ0) is 19.7. The smallest absolute Gasteiger partial charge is 0.381 e. The van der Waals surface area contributed by atoms with Gasteiger partial charge in [-0.15, -0.1) is 0 Å². The summed E-state index contributed by atoms with van der Waals surface area (Å²) in [5, 5.41) is 1.53. The number of aromatic amines is 1. The van der Waals surface area contributed by atoms with Gasteiger partial charge in [-0.25, -0.2) is 4.98 Å². The number of pyridine rings is 2. The summed E-state index contributed by atoms with van der Waals surface area (Å²) in [5.74, 6) is 0.282. The number of fused-ring (bicyclic) bond motifs is 3. The number of hydrogen-bond acceptors (Lipinski definition) is 3. The van der Waals surface area contributed by atoms with E-state index in [-0.39, 0.29) is 24.0 Å². The Morgan fingerprint density at radius 3 is 2.71 bits per heavy atom. The minimum absolute atomic E-state index is 0.0476. The molecule has 1 fully saturated rings. The molecule has 1 aliphatic rings. The monoisotopic (exact) mass is 393 g/mol. The molecule has 0 unspecified atom stereocenters. The topological polar surface area (TPSA) is 59.9 Å². The molecule has 4 rings (SSSR count). The van der Waals surface area contributed by atoms with E-state index in [1.165, 1.54) is 0 Å². The Morgan fingerprint density at radius 1 is 1.18 bits per heavy atom. The Morgan fingerprint density at radius 2 is 1.96 bits per heavy atom. The minimum atomic E-state index is -4.17. The summed E-state index contributed by atoms with van der Waals surface area (Å²) in [6.07, 6.45) is 3.81. The van der Waals surface area contributed by atoms with Crippen molar-refractivity contribution < 1.29 is 17.9 Å². The highest BCUT2D eigenvalue weighted by Gasteiger charge is 2.27. The molecule has 0 spiro atoms. The molecule has 0 atom stereocenters. The normalized spacial score (nSPS) is 20.8. The van der Waals surface area contributed by atoms with E-state index in [1.54, 1.807) is 12.3 Å². The van der Waals surface area contributed by atoms with Crippen molar-refractivity contribution in [3.63, 3.8) is 0 Å². The molecule has 0 aromatic carbocycles. The van der Waals surface area contributed by atoms with Crippen molar-refractivity contribution in [3.05, 3.63) is 40.9 Å². The van der Waals surface area contributed by atoms with Crippen LogP contribution < -0.4 is 5.43 Å². The standard InChI is InChI=1S/C20H22F3N3O2/c21-20(22,23)7-10-28-12-13-1-3-14(4-2-13)26-9-6-17(27)16-11-25-19-15(18(16)26)5-8-24-19/h5-6,8-9,11,13-14H,1-4,7,10,12H2,(H,24,25). The fourth-order valence-corrected chi connectivity index (χ4v) is 4.10. The third-order valence-electron chi connectivity index (χ3n) is 5.56. The lowest BCUT2D eigenvalue weighted by atomic mass is 9.86. The predicted octanol–water partition coefficient (Wildman–Crippen LogP) is 4.58. The van der Waals surface area contributed by atoms with E-state index < -0.39 is 12.6 Å². The molecule has 0 bridgehead atoms. The highest BCUT2D eigenvalue weighted by molar-refractivity contribution is 6.02. The molecule has 0 aliphatic heterocycles. The van der Waals surface area contributed by atoms with Gasteiger partial charge in [-0.3, -0.25) is 4.79 Å². The molecule has 1 N–H and O–H groups in total. The summed E-state index contributed by atoms with van der Waals surface area (Å²) in [4.78, 5) is 19.7. The van der Waals surface area contributed by atoms with Crippen molar-refractivity contribution in [1.29, 1.82) is 0 Å². The molecular weight excluding hydrogens is 371 g/mol. The van der Waals surface area contributed by atoms with E-state index in [4.69, 9.17) is 4.74 Å². The number of nitrogens with zero attached hydrogens (tertiary/aromatic N) is 2. The van der Waals surface area contributed by atoms with Crippen molar-refractivity contribution in [3.8, 4) is 0 Å². The number of rotatable bonds is 5. The van der Waals surface area contributed by atoms with E-state index >= 15 is 0 Å². The fraction of sp³-hybridized carbons (Fsp3) is 0.500. The van der Waals surface area contributed by atoms with Crippen LogP contribution >= 0.6 is 0 Å². The Balaban J connectivity index is 1.47. The summed E-state index contributed by atoms with van der Waals surface area (Å²) < 4.78 is 44.0. The number of hydrogen-bond donors (Lipinski definition) is 1. The van der Waals surface area contributed by atoms with Gasteiger partial charge in [0.15, 0.2) is 5.43 Å². The van der Waals surface area contributed by atoms with Gasteiger partial charge < -0.3 is 14.3 Å². The number of ether oxygens (including phenoxy) is 1. The first-order valence-corrected chi connectivity index (χ1v) is 9.54. The fourth-order valence-electron chi connectivity index (χ4n) is 4.10. The van der Waals surface area contributed by atoms with E-state index in [9.17, 15) is 18.0 Å². The van der Waals surface area contributed by atoms with Gasteiger partial charge in [0, 0.05) is 42.7 Å². The summed E-state index contributed by atoms with van der Waals surface area (Å²) in [5.41, 5.74) is 1.59. The molecule has 28 heavy (non-hydrogen) atoms. The average Bonchev–Trinajstić information content (AvgIpc) is 3.15. The van der Waals surface area contributed by atoms with Crippen LogP contribution in [0.15, 0.2) is 35.5 Å². The Kier molecular flexibility index (Phi) is 5.14. The summed E-state index contributed by atoms with van der Waals surface area (Å²) in [6, 6.07) is 3.75. The van der Waals surface area contributed by atoms with Crippen LogP contribution in [0.2, 0.25) is 0 Å². The van der Waals surface area contributed by atoms with E-state index in [2.05, 4.69) is 14.5 Å². The molecule has 1 saturated carbocycles. The molecule has 3 aromatic rings. The van der Waals surface area contributed by atoms with Crippen molar-refractivity contribution in [2.45, 2.75) is 44.3 Å². The second kappa shape index (κ2) is 7.58. The molecule has 0 amide bonds. The van der Waals surface area contributed by atoms with Crippen LogP contribution in [-0.4, -0.2) is 33.9 Å². The Hall–Kier alpha value is -2.35. The number of alkyl halides is 3. The van der Waals surface area contributed by atoms with Gasteiger partial charge in [-0.2, -0.15) is 13.2 Å². The first kappa shape index (κ1) is 19.0. The maximum absolute atomic E-state index is 12.3. The van der Waals surface area contributed by atoms with Crippen LogP contribution in [0.1, 0.15) is 38.1 Å². The molecule has 0 saturated heterocycles. The first-order valence-electron chi connectivity index (χ1n) is 9.54. The van der Waals surface area contributed by atoms with Gasteiger partial charge in [-0.1, -0.05) is 0 Å². The largest absolute Gasteiger partial charge is 0.391 e. The summed E-state index contributed by atoms with van der Waals surface area (Å²) in [7, 11) is 0.